The molecule has 1 fully saturated rings. The lowest BCUT2D eigenvalue weighted by Gasteiger charge is -2.34. The average Bonchev–Trinajstić information content (AvgIpc) is 3.37. The van der Waals surface area contributed by atoms with Gasteiger partial charge in [0, 0.05) is 27.2 Å². The number of nitrogens with zero attached hydrogens (tertiary/aromatic N) is 2. The van der Waals surface area contributed by atoms with Gasteiger partial charge >= 0.3 is 5.97 Å². The predicted octanol–water partition coefficient (Wildman–Crippen LogP) is 9.07. The van der Waals surface area contributed by atoms with E-state index in [1.165, 1.54) is 0 Å². The van der Waals surface area contributed by atoms with E-state index >= 15 is 0 Å². The number of carbonyl (C=O) groups excluding carboxylic acids is 1. The minimum absolute atomic E-state index is 0.187. The van der Waals surface area contributed by atoms with Gasteiger partial charge in [-0.3, -0.25) is 14.7 Å². The molecule has 1 aliphatic heterocycles. The molecule has 1 heterocycles. The van der Waals surface area contributed by atoms with E-state index in [4.69, 9.17) is 39.8 Å². The molecule has 4 aromatic rings. The summed E-state index contributed by atoms with van der Waals surface area (Å²) in [6.07, 6.45) is 1.51. The SMILES string of the molecule is C[C@@]1(C(=O)Nc2ccc(Cl)cc2C(=N[C@@H](C(=O)O)c2cccc(Br)c2)c2ccccc2)CCCN1Cc1ccc(Cl)c(Cl)c1. The minimum Gasteiger partial charge on any atom is -0.479 e. The lowest BCUT2D eigenvalue weighted by atomic mass is 9.95. The fourth-order valence-corrected chi connectivity index (χ4v) is 6.35. The highest BCUT2D eigenvalue weighted by Gasteiger charge is 2.43. The van der Waals surface area contributed by atoms with E-state index in [9.17, 15) is 14.7 Å². The maximum Gasteiger partial charge on any atom is 0.333 e. The molecule has 0 aromatic heterocycles. The van der Waals surface area contributed by atoms with Crippen molar-refractivity contribution in [1.82, 2.24) is 4.90 Å². The Morgan fingerprint density at radius 1 is 0.977 bits per heavy atom. The summed E-state index contributed by atoms with van der Waals surface area (Å²) in [6, 6.07) is 25.7. The zero-order chi connectivity index (χ0) is 31.4. The molecule has 0 aliphatic carbocycles. The van der Waals surface area contributed by atoms with Crippen LogP contribution in [0.2, 0.25) is 15.1 Å². The first-order valence-corrected chi connectivity index (χ1v) is 15.9. The summed E-state index contributed by atoms with van der Waals surface area (Å²) in [6.45, 7) is 3.20. The molecule has 0 radical (unpaired) electrons. The first kappa shape index (κ1) is 32.2. The molecule has 1 saturated heterocycles. The van der Waals surface area contributed by atoms with E-state index in [1.54, 1.807) is 42.5 Å². The first-order valence-electron chi connectivity index (χ1n) is 14.0. The highest BCUT2D eigenvalue weighted by Crippen LogP contribution is 2.35. The van der Waals surface area contributed by atoms with Gasteiger partial charge in [0.2, 0.25) is 5.91 Å². The summed E-state index contributed by atoms with van der Waals surface area (Å²) in [5.74, 6) is -1.30. The summed E-state index contributed by atoms with van der Waals surface area (Å²) < 4.78 is 0.739. The van der Waals surface area contributed by atoms with Crippen LogP contribution in [0.5, 0.6) is 0 Å². The molecule has 0 bridgehead atoms. The largest absolute Gasteiger partial charge is 0.479 e. The second-order valence-corrected chi connectivity index (χ2v) is 13.0. The molecule has 1 amide bonds. The Bertz CT molecular complexity index is 1730. The molecule has 2 atom stereocenters. The number of carboxylic acids is 1. The van der Waals surface area contributed by atoms with Gasteiger partial charge in [-0.25, -0.2) is 4.79 Å². The topological polar surface area (TPSA) is 82.0 Å². The number of aliphatic imine (C=N–C) groups is 1. The van der Waals surface area contributed by atoms with Gasteiger partial charge in [-0.2, -0.15) is 0 Å². The number of carbonyl (C=O) groups is 2. The average molecular weight is 714 g/mol. The van der Waals surface area contributed by atoms with Crippen molar-refractivity contribution in [3.05, 3.63) is 133 Å². The van der Waals surface area contributed by atoms with E-state index in [-0.39, 0.29) is 5.91 Å². The molecule has 6 nitrogen and oxygen atoms in total. The van der Waals surface area contributed by atoms with Crippen molar-refractivity contribution >= 4 is 74.0 Å². The van der Waals surface area contributed by atoms with Crippen LogP contribution in [0.4, 0.5) is 5.69 Å². The van der Waals surface area contributed by atoms with Crippen molar-refractivity contribution in [3.63, 3.8) is 0 Å². The number of halogens is 4. The number of rotatable bonds is 9. The van der Waals surface area contributed by atoms with Crippen LogP contribution in [0.1, 0.15) is 48.1 Å². The first-order chi connectivity index (χ1) is 21.0. The fourth-order valence-electron chi connectivity index (χ4n) is 5.44. The quantitative estimate of drug-likeness (QED) is 0.170. The number of benzene rings is 4. The molecule has 4 aromatic carbocycles. The Balaban J connectivity index is 1.54. The Hall–Kier alpha value is -3.20. The van der Waals surface area contributed by atoms with Gasteiger partial charge in [0.1, 0.15) is 0 Å². The summed E-state index contributed by atoms with van der Waals surface area (Å²) in [5.41, 5.74) is 2.70. The maximum absolute atomic E-state index is 14.1. The summed E-state index contributed by atoms with van der Waals surface area (Å²) >= 11 is 22.3. The number of hydrogen-bond donors (Lipinski definition) is 2. The number of amides is 1. The van der Waals surface area contributed by atoms with Crippen molar-refractivity contribution in [3.8, 4) is 0 Å². The third-order valence-electron chi connectivity index (χ3n) is 7.82. The van der Waals surface area contributed by atoms with Crippen LogP contribution in [0.3, 0.4) is 0 Å². The van der Waals surface area contributed by atoms with Crippen molar-refractivity contribution in [2.24, 2.45) is 4.99 Å². The highest BCUT2D eigenvalue weighted by molar-refractivity contribution is 9.10. The second-order valence-electron chi connectivity index (χ2n) is 10.8. The monoisotopic (exact) mass is 711 g/mol. The van der Waals surface area contributed by atoms with Gasteiger partial charge in [-0.05, 0) is 79.9 Å². The predicted molar refractivity (Wildman–Crippen MR) is 181 cm³/mol. The van der Waals surface area contributed by atoms with Gasteiger partial charge in [-0.15, -0.1) is 0 Å². The Labute approximate surface area is 279 Å². The summed E-state index contributed by atoms with van der Waals surface area (Å²) in [7, 11) is 0. The number of anilines is 1. The fraction of sp³-hybridized carbons (Fsp3) is 0.206. The van der Waals surface area contributed by atoms with E-state index < -0.39 is 17.6 Å². The van der Waals surface area contributed by atoms with Gasteiger partial charge in [0.15, 0.2) is 6.04 Å². The van der Waals surface area contributed by atoms with Crippen molar-refractivity contribution in [2.75, 3.05) is 11.9 Å². The van der Waals surface area contributed by atoms with Crippen LogP contribution >= 0.6 is 50.7 Å². The van der Waals surface area contributed by atoms with E-state index in [0.29, 0.717) is 56.1 Å². The van der Waals surface area contributed by atoms with Crippen LogP contribution in [-0.2, 0) is 16.1 Å². The normalized spacial score (nSPS) is 17.8. The number of hydrogen-bond acceptors (Lipinski definition) is 4. The van der Waals surface area contributed by atoms with E-state index in [1.807, 2.05) is 55.5 Å². The van der Waals surface area contributed by atoms with Crippen LogP contribution in [-0.4, -0.2) is 39.7 Å². The lowest BCUT2D eigenvalue weighted by molar-refractivity contribution is -0.138. The molecule has 2 N–H and O–H groups in total. The molecule has 0 spiro atoms. The van der Waals surface area contributed by atoms with Crippen LogP contribution in [0, 0.1) is 0 Å². The lowest BCUT2D eigenvalue weighted by Crippen LogP contribution is -2.50. The van der Waals surface area contributed by atoms with Crippen LogP contribution in [0.15, 0.2) is 100 Å². The molecular formula is C34H29BrCl3N3O3. The maximum atomic E-state index is 14.1. The van der Waals surface area contributed by atoms with Crippen molar-refractivity contribution in [1.29, 1.82) is 0 Å². The smallest absolute Gasteiger partial charge is 0.333 e. The third-order valence-corrected chi connectivity index (χ3v) is 9.29. The Morgan fingerprint density at radius 2 is 1.75 bits per heavy atom. The molecule has 5 rings (SSSR count). The van der Waals surface area contributed by atoms with Gasteiger partial charge in [0.25, 0.3) is 0 Å². The number of aliphatic carboxylic acids is 1. The molecule has 226 valence electrons. The standard InChI is InChI=1S/C34H29BrCl3N3O3/c1-34(15-6-16-41(34)20-21-11-13-27(37)28(38)17-21)33(44)39-29-14-12-25(36)19-26(29)30(22-7-3-2-4-8-22)40-31(32(42)43)23-9-5-10-24(35)18-23/h2-5,7-14,17-19,31H,6,15-16,20H2,1H3,(H,39,44)(H,42,43)/t31-,34+/m1/s1. The van der Waals surface area contributed by atoms with E-state index in [0.717, 1.165) is 23.0 Å². The molecule has 44 heavy (non-hydrogen) atoms. The molecule has 0 unspecified atom stereocenters. The van der Waals surface area contributed by atoms with Gasteiger partial charge in [-0.1, -0.05) is 99.3 Å². The molecule has 0 saturated carbocycles. The number of carboxylic acid groups (broad SMARTS) is 1. The van der Waals surface area contributed by atoms with Gasteiger partial charge < -0.3 is 10.4 Å². The zero-order valence-electron chi connectivity index (χ0n) is 23.7. The van der Waals surface area contributed by atoms with Gasteiger partial charge in [0.05, 0.1) is 27.0 Å². The zero-order valence-corrected chi connectivity index (χ0v) is 27.6. The summed E-state index contributed by atoms with van der Waals surface area (Å²) in [5, 5.41) is 14.8. The molecule has 10 heteroatoms. The molecular weight excluding hydrogens is 685 g/mol. The summed E-state index contributed by atoms with van der Waals surface area (Å²) in [4.78, 5) is 33.5. The van der Waals surface area contributed by atoms with Crippen LogP contribution < -0.4 is 5.32 Å². The van der Waals surface area contributed by atoms with E-state index in [2.05, 4.69) is 26.1 Å². The number of likely N-dealkylation sites (tertiary alicyclic amines) is 1. The Kier molecular flexibility index (Phi) is 10.1. The molecule has 1 aliphatic rings. The third kappa shape index (κ3) is 7.19. The van der Waals surface area contributed by atoms with Crippen molar-refractivity contribution < 1.29 is 14.7 Å². The number of nitrogens with one attached hydrogen (secondary N) is 1. The highest BCUT2D eigenvalue weighted by atomic mass is 79.9. The second kappa shape index (κ2) is 13.8. The Morgan fingerprint density at radius 3 is 2.45 bits per heavy atom. The van der Waals surface area contributed by atoms with Crippen molar-refractivity contribution in [2.45, 2.75) is 37.9 Å². The van der Waals surface area contributed by atoms with Crippen LogP contribution in [0.25, 0.3) is 0 Å². The minimum atomic E-state index is -1.21.